The van der Waals surface area contributed by atoms with Gasteiger partial charge in [-0.05, 0) is 20.3 Å². The second kappa shape index (κ2) is 4.11. The highest BCUT2D eigenvalue weighted by molar-refractivity contribution is 5.33. The number of nitrogens with zero attached hydrogens (tertiary/aromatic N) is 2. The molecule has 1 aromatic rings. The van der Waals surface area contributed by atoms with Gasteiger partial charge in [0.05, 0.1) is 12.3 Å². The van der Waals surface area contributed by atoms with Crippen molar-refractivity contribution < 1.29 is 9.84 Å². The first kappa shape index (κ1) is 11.5. The number of aliphatic hydroxyl groups excluding tert-OH is 1. The third-order valence-corrected chi connectivity index (χ3v) is 3.16. The minimum atomic E-state index is -0.443. The van der Waals surface area contributed by atoms with Gasteiger partial charge in [0.25, 0.3) is 0 Å². The molecule has 0 spiro atoms. The molecule has 88 valence electrons. The highest BCUT2D eigenvalue weighted by Gasteiger charge is 2.38. The lowest BCUT2D eigenvalue weighted by atomic mass is 9.95. The first-order chi connectivity index (χ1) is 7.60. The Morgan fingerprint density at radius 3 is 2.81 bits per heavy atom. The number of hydrogen-bond acceptors (Lipinski definition) is 4. The predicted octanol–water partition coefficient (Wildman–Crippen LogP) is 1.48. The highest BCUT2D eigenvalue weighted by atomic mass is 16.5. The van der Waals surface area contributed by atoms with Crippen molar-refractivity contribution in [2.45, 2.75) is 45.8 Å². The fourth-order valence-electron chi connectivity index (χ4n) is 2.24. The fourth-order valence-corrected chi connectivity index (χ4v) is 2.24. The van der Waals surface area contributed by atoms with Crippen molar-refractivity contribution in [3.63, 3.8) is 0 Å². The molecule has 4 nitrogen and oxygen atoms in total. The van der Waals surface area contributed by atoms with E-state index in [4.69, 9.17) is 9.84 Å². The Morgan fingerprint density at radius 2 is 2.19 bits per heavy atom. The van der Waals surface area contributed by atoms with Crippen LogP contribution in [0, 0.1) is 6.92 Å². The first-order valence-corrected chi connectivity index (χ1v) is 5.72. The zero-order valence-electron chi connectivity index (χ0n) is 10.1. The maximum atomic E-state index is 9.09. The van der Waals surface area contributed by atoms with Crippen LogP contribution in [-0.2, 0) is 23.4 Å². The van der Waals surface area contributed by atoms with Crippen molar-refractivity contribution >= 4 is 0 Å². The van der Waals surface area contributed by atoms with E-state index in [1.54, 1.807) is 0 Å². The number of ether oxygens (including phenoxy) is 1. The molecule has 0 aromatic carbocycles. The van der Waals surface area contributed by atoms with Gasteiger partial charge in [-0.2, -0.15) is 0 Å². The van der Waals surface area contributed by atoms with Gasteiger partial charge >= 0.3 is 0 Å². The van der Waals surface area contributed by atoms with Gasteiger partial charge in [-0.25, -0.2) is 9.97 Å². The van der Waals surface area contributed by atoms with Gasteiger partial charge in [-0.1, -0.05) is 6.92 Å². The molecule has 4 heteroatoms. The molecule has 0 aliphatic carbocycles. The Morgan fingerprint density at radius 1 is 1.44 bits per heavy atom. The average Bonchev–Trinajstić information content (AvgIpc) is 2.56. The summed E-state index contributed by atoms with van der Waals surface area (Å²) in [4.78, 5) is 8.92. The number of fused-ring (bicyclic) bond motifs is 1. The Balaban J connectivity index is 2.50. The third-order valence-electron chi connectivity index (χ3n) is 3.16. The normalized spacial score (nSPS) is 23.5. The van der Waals surface area contributed by atoms with Gasteiger partial charge < -0.3 is 9.84 Å². The molecule has 2 heterocycles. The Kier molecular flexibility index (Phi) is 2.95. The lowest BCUT2D eigenvalue weighted by molar-refractivity contribution is -0.0412. The average molecular weight is 222 g/mol. The molecule has 0 amide bonds. The second-order valence-electron chi connectivity index (χ2n) is 4.39. The summed E-state index contributed by atoms with van der Waals surface area (Å²) in [6, 6.07) is 0. The van der Waals surface area contributed by atoms with Crippen LogP contribution in [-0.4, -0.2) is 21.7 Å². The summed E-state index contributed by atoms with van der Waals surface area (Å²) < 4.78 is 5.79. The van der Waals surface area contributed by atoms with Crippen molar-refractivity contribution in [3.05, 3.63) is 22.8 Å². The second-order valence-corrected chi connectivity index (χ2v) is 4.39. The van der Waals surface area contributed by atoms with Crippen molar-refractivity contribution in [1.29, 1.82) is 0 Å². The molecule has 1 aliphatic rings. The van der Waals surface area contributed by atoms with E-state index in [2.05, 4.69) is 16.9 Å². The summed E-state index contributed by atoms with van der Waals surface area (Å²) >= 11 is 0. The van der Waals surface area contributed by atoms with Crippen LogP contribution in [0.25, 0.3) is 0 Å². The topological polar surface area (TPSA) is 55.2 Å². The molecule has 1 N–H and O–H groups in total. The van der Waals surface area contributed by atoms with Crippen molar-refractivity contribution in [1.82, 2.24) is 9.97 Å². The molecule has 1 aliphatic heterocycles. The Hall–Kier alpha value is -1.00. The first-order valence-electron chi connectivity index (χ1n) is 5.72. The van der Waals surface area contributed by atoms with Gasteiger partial charge in [0.2, 0.25) is 0 Å². The minimum absolute atomic E-state index is 0.112. The molecule has 0 saturated heterocycles. The maximum Gasteiger partial charge on any atom is 0.125 e. The standard InChI is InChI=1S/C12H18N2O2/c1-4-10-9-7-16-12(3,5-6-15)11(9)14-8(2)13-10/h15H,4-7H2,1-3H3. The Bertz CT molecular complexity index is 406. The lowest BCUT2D eigenvalue weighted by Gasteiger charge is -2.22. The highest BCUT2D eigenvalue weighted by Crippen LogP contribution is 2.38. The van der Waals surface area contributed by atoms with E-state index in [-0.39, 0.29) is 6.61 Å². The molecular formula is C12H18N2O2. The largest absolute Gasteiger partial charge is 0.396 e. The summed E-state index contributed by atoms with van der Waals surface area (Å²) in [5, 5.41) is 9.09. The molecule has 0 radical (unpaired) electrons. The lowest BCUT2D eigenvalue weighted by Crippen LogP contribution is -2.24. The fraction of sp³-hybridized carbons (Fsp3) is 0.667. The summed E-state index contributed by atoms with van der Waals surface area (Å²) in [7, 11) is 0. The van der Waals surface area contributed by atoms with Crippen LogP contribution in [0.4, 0.5) is 0 Å². The van der Waals surface area contributed by atoms with Gasteiger partial charge in [0, 0.05) is 24.3 Å². The molecular weight excluding hydrogens is 204 g/mol. The molecule has 1 atom stereocenters. The van der Waals surface area contributed by atoms with Crippen molar-refractivity contribution in [3.8, 4) is 0 Å². The summed E-state index contributed by atoms with van der Waals surface area (Å²) in [6.45, 7) is 6.65. The van der Waals surface area contributed by atoms with Crippen molar-refractivity contribution in [2.24, 2.45) is 0 Å². The number of rotatable bonds is 3. The van der Waals surface area contributed by atoms with Crippen LogP contribution < -0.4 is 0 Å². The van der Waals surface area contributed by atoms with Gasteiger partial charge in [0.15, 0.2) is 0 Å². The molecule has 0 bridgehead atoms. The zero-order chi connectivity index (χ0) is 11.8. The summed E-state index contributed by atoms with van der Waals surface area (Å²) in [5.74, 6) is 0.783. The molecule has 2 rings (SSSR count). The van der Waals surface area contributed by atoms with E-state index in [1.807, 2.05) is 13.8 Å². The van der Waals surface area contributed by atoms with E-state index in [9.17, 15) is 0 Å². The number of hydrogen-bond donors (Lipinski definition) is 1. The van der Waals surface area contributed by atoms with Crippen LogP contribution in [0.3, 0.4) is 0 Å². The monoisotopic (exact) mass is 222 g/mol. The molecule has 1 aromatic heterocycles. The van der Waals surface area contributed by atoms with Crippen LogP contribution in [0.15, 0.2) is 0 Å². The third kappa shape index (κ3) is 1.72. The SMILES string of the molecule is CCc1nc(C)nc2c1COC2(C)CCO. The molecule has 16 heavy (non-hydrogen) atoms. The molecule has 0 fully saturated rings. The minimum Gasteiger partial charge on any atom is -0.396 e. The summed E-state index contributed by atoms with van der Waals surface area (Å²) in [6.07, 6.45) is 1.48. The van der Waals surface area contributed by atoms with Gasteiger partial charge in [-0.15, -0.1) is 0 Å². The number of aliphatic hydroxyl groups is 1. The van der Waals surface area contributed by atoms with E-state index in [0.29, 0.717) is 13.0 Å². The predicted molar refractivity (Wildman–Crippen MR) is 60.0 cm³/mol. The number of aromatic nitrogens is 2. The van der Waals surface area contributed by atoms with E-state index in [1.165, 1.54) is 0 Å². The number of aryl methyl sites for hydroxylation is 2. The molecule has 1 unspecified atom stereocenters. The van der Waals surface area contributed by atoms with Crippen LogP contribution >= 0.6 is 0 Å². The van der Waals surface area contributed by atoms with Gasteiger partial charge in [0.1, 0.15) is 11.4 Å². The zero-order valence-corrected chi connectivity index (χ0v) is 10.1. The van der Waals surface area contributed by atoms with Crippen molar-refractivity contribution in [2.75, 3.05) is 6.61 Å². The summed E-state index contributed by atoms with van der Waals surface area (Å²) in [5.41, 5.74) is 2.71. The van der Waals surface area contributed by atoms with Crippen LogP contribution in [0.2, 0.25) is 0 Å². The molecule has 0 saturated carbocycles. The van der Waals surface area contributed by atoms with Crippen LogP contribution in [0.5, 0.6) is 0 Å². The Labute approximate surface area is 95.7 Å². The van der Waals surface area contributed by atoms with Crippen LogP contribution in [0.1, 0.15) is 43.0 Å². The van der Waals surface area contributed by atoms with E-state index in [0.717, 1.165) is 29.2 Å². The quantitative estimate of drug-likeness (QED) is 0.841. The van der Waals surface area contributed by atoms with Gasteiger partial charge in [-0.3, -0.25) is 0 Å². The van der Waals surface area contributed by atoms with E-state index < -0.39 is 5.60 Å². The maximum absolute atomic E-state index is 9.09. The smallest absolute Gasteiger partial charge is 0.125 e. The van der Waals surface area contributed by atoms with E-state index >= 15 is 0 Å².